The van der Waals surface area contributed by atoms with Crippen molar-refractivity contribution < 1.29 is 4.79 Å². The van der Waals surface area contributed by atoms with Gasteiger partial charge in [0.05, 0.1) is 0 Å². The maximum Gasteiger partial charge on any atom is 0.221 e. The molecule has 3 heteroatoms. The minimum atomic E-state index is -0.101. The largest absolute Gasteiger partial charge is 0.288 e. The van der Waals surface area contributed by atoms with Crippen LogP contribution in [0.5, 0.6) is 0 Å². The highest BCUT2D eigenvalue weighted by Crippen LogP contribution is 2.54. The van der Waals surface area contributed by atoms with Crippen LogP contribution in [0.15, 0.2) is 36.4 Å². The minimum absolute atomic E-state index is 0.101. The second-order valence-corrected chi connectivity index (χ2v) is 6.69. The average Bonchev–Trinajstić information content (AvgIpc) is 2.91. The summed E-state index contributed by atoms with van der Waals surface area (Å²) in [5.41, 5.74) is 2.14. The Balaban J connectivity index is 2.02. The second-order valence-electron chi connectivity index (χ2n) is 5.44. The molecule has 0 aliphatic carbocycles. The van der Waals surface area contributed by atoms with Gasteiger partial charge in [-0.2, -0.15) is 0 Å². The summed E-state index contributed by atoms with van der Waals surface area (Å²) < 4.78 is 0. The van der Waals surface area contributed by atoms with Crippen LogP contribution in [0.3, 0.4) is 0 Å². The lowest BCUT2D eigenvalue weighted by Gasteiger charge is -2.31. The van der Waals surface area contributed by atoms with Crippen LogP contribution < -0.4 is 0 Å². The van der Waals surface area contributed by atoms with Crippen LogP contribution in [0.25, 0.3) is 10.8 Å². The first-order chi connectivity index (χ1) is 9.21. The Morgan fingerprint density at radius 3 is 2.63 bits per heavy atom. The van der Waals surface area contributed by atoms with Gasteiger partial charge in [0.25, 0.3) is 0 Å². The molecule has 2 heterocycles. The summed E-state index contributed by atoms with van der Waals surface area (Å²) in [5.74, 6) is 0. The van der Waals surface area contributed by atoms with Crippen LogP contribution in [0.2, 0.25) is 0 Å². The van der Waals surface area contributed by atoms with E-state index in [2.05, 4.69) is 42.3 Å². The Morgan fingerprint density at radius 1 is 1.21 bits per heavy atom. The van der Waals surface area contributed by atoms with Crippen molar-refractivity contribution >= 4 is 27.6 Å². The van der Waals surface area contributed by atoms with Gasteiger partial charge in [0.2, 0.25) is 5.12 Å². The molecule has 2 aromatic carbocycles. The van der Waals surface area contributed by atoms with Gasteiger partial charge in [-0.05, 0) is 54.9 Å². The standard InChI is InChI=1S/C16H15NOS/c1-17-8-4-7-16(17)14-10-12-6-3-2-5-11(12)9-13(14)15(18)19-16/h2-3,5-6,9-10H,4,7-8H2,1H3. The summed E-state index contributed by atoms with van der Waals surface area (Å²) in [6, 6.07) is 12.6. The molecule has 2 aromatic rings. The number of likely N-dealkylation sites (tertiary alicyclic amines) is 1. The first-order valence-corrected chi connectivity index (χ1v) is 7.50. The monoisotopic (exact) mass is 269 g/mol. The number of nitrogens with zero attached hydrogens (tertiary/aromatic N) is 1. The molecule has 1 saturated heterocycles. The lowest BCUT2D eigenvalue weighted by molar-refractivity contribution is 0.109. The Bertz CT molecular complexity index is 696. The van der Waals surface area contributed by atoms with Crippen molar-refractivity contribution in [3.63, 3.8) is 0 Å². The summed E-state index contributed by atoms with van der Waals surface area (Å²) in [4.78, 5) is 14.6. The van der Waals surface area contributed by atoms with Gasteiger partial charge in [0, 0.05) is 5.56 Å². The zero-order valence-electron chi connectivity index (χ0n) is 10.8. The van der Waals surface area contributed by atoms with E-state index in [0.717, 1.165) is 23.9 Å². The Kier molecular flexibility index (Phi) is 2.32. The lowest BCUT2D eigenvalue weighted by Crippen LogP contribution is -2.33. The average molecular weight is 269 g/mol. The van der Waals surface area contributed by atoms with E-state index in [1.165, 1.54) is 29.1 Å². The van der Waals surface area contributed by atoms with Crippen molar-refractivity contribution in [3.8, 4) is 0 Å². The quantitative estimate of drug-likeness (QED) is 0.729. The predicted octanol–water partition coefficient (Wildman–Crippen LogP) is 3.61. The first-order valence-electron chi connectivity index (χ1n) is 6.69. The van der Waals surface area contributed by atoms with E-state index >= 15 is 0 Å². The van der Waals surface area contributed by atoms with E-state index in [-0.39, 0.29) is 9.99 Å². The van der Waals surface area contributed by atoms with Crippen LogP contribution in [-0.2, 0) is 4.87 Å². The molecule has 2 nitrogen and oxygen atoms in total. The summed E-state index contributed by atoms with van der Waals surface area (Å²) in [7, 11) is 2.14. The van der Waals surface area contributed by atoms with Crippen LogP contribution in [-0.4, -0.2) is 23.6 Å². The molecule has 2 aliphatic heterocycles. The molecule has 4 rings (SSSR count). The number of hydrogen-bond donors (Lipinski definition) is 0. The fourth-order valence-corrected chi connectivity index (χ4v) is 4.75. The summed E-state index contributed by atoms with van der Waals surface area (Å²) in [6.07, 6.45) is 2.24. The zero-order chi connectivity index (χ0) is 13.0. The fraction of sp³-hybridized carbons (Fsp3) is 0.312. The summed E-state index contributed by atoms with van der Waals surface area (Å²) >= 11 is 1.51. The number of fused-ring (bicyclic) bond motifs is 3. The van der Waals surface area contributed by atoms with Gasteiger partial charge in [-0.3, -0.25) is 9.69 Å². The minimum Gasteiger partial charge on any atom is -0.288 e. The Morgan fingerprint density at radius 2 is 1.95 bits per heavy atom. The number of thioether (sulfide) groups is 1. The van der Waals surface area contributed by atoms with E-state index in [1.807, 2.05) is 6.07 Å². The highest BCUT2D eigenvalue weighted by molar-refractivity contribution is 8.15. The molecule has 0 radical (unpaired) electrons. The highest BCUT2D eigenvalue weighted by Gasteiger charge is 2.49. The number of hydrogen-bond acceptors (Lipinski definition) is 3. The van der Waals surface area contributed by atoms with E-state index in [0.29, 0.717) is 0 Å². The van der Waals surface area contributed by atoms with Crippen LogP contribution in [0, 0.1) is 0 Å². The van der Waals surface area contributed by atoms with Crippen molar-refractivity contribution in [3.05, 3.63) is 47.5 Å². The van der Waals surface area contributed by atoms with E-state index in [4.69, 9.17) is 0 Å². The normalized spacial score (nSPS) is 26.5. The van der Waals surface area contributed by atoms with Crippen LogP contribution >= 0.6 is 11.8 Å². The van der Waals surface area contributed by atoms with Gasteiger partial charge in [-0.15, -0.1) is 0 Å². The predicted molar refractivity (Wildman–Crippen MR) is 79.4 cm³/mol. The molecule has 0 saturated carbocycles. The van der Waals surface area contributed by atoms with Crippen molar-refractivity contribution in [2.24, 2.45) is 0 Å². The molecule has 2 aliphatic rings. The third-order valence-corrected chi connectivity index (χ3v) is 5.89. The maximum atomic E-state index is 12.4. The zero-order valence-corrected chi connectivity index (χ0v) is 11.7. The molecular weight excluding hydrogens is 254 g/mol. The van der Waals surface area contributed by atoms with Gasteiger partial charge in [0.15, 0.2) is 0 Å². The Hall–Kier alpha value is -1.32. The highest BCUT2D eigenvalue weighted by atomic mass is 32.2. The topological polar surface area (TPSA) is 20.3 Å². The fourth-order valence-electron chi connectivity index (χ4n) is 3.39. The van der Waals surface area contributed by atoms with E-state index in [9.17, 15) is 4.79 Å². The van der Waals surface area contributed by atoms with Crippen molar-refractivity contribution in [1.29, 1.82) is 0 Å². The van der Waals surface area contributed by atoms with E-state index < -0.39 is 0 Å². The number of carbonyl (C=O) groups excluding carboxylic acids is 1. The molecule has 0 aromatic heterocycles. The molecule has 19 heavy (non-hydrogen) atoms. The molecular formula is C16H15NOS. The van der Waals surface area contributed by atoms with Gasteiger partial charge < -0.3 is 0 Å². The van der Waals surface area contributed by atoms with E-state index in [1.54, 1.807) is 0 Å². The molecule has 1 spiro atoms. The number of carbonyl (C=O) groups is 1. The van der Waals surface area contributed by atoms with Gasteiger partial charge in [0.1, 0.15) is 4.87 Å². The molecule has 1 unspecified atom stereocenters. The second kappa shape index (κ2) is 3.84. The molecule has 0 N–H and O–H groups in total. The third kappa shape index (κ3) is 1.46. The van der Waals surface area contributed by atoms with Crippen molar-refractivity contribution in [2.75, 3.05) is 13.6 Å². The number of benzene rings is 2. The van der Waals surface area contributed by atoms with Crippen molar-refractivity contribution in [1.82, 2.24) is 4.90 Å². The molecule has 1 atom stereocenters. The molecule has 0 bridgehead atoms. The lowest BCUT2D eigenvalue weighted by atomic mass is 9.95. The molecule has 1 fully saturated rings. The summed E-state index contributed by atoms with van der Waals surface area (Å²) in [5, 5.41) is 2.62. The van der Waals surface area contributed by atoms with Crippen LogP contribution in [0.1, 0.15) is 28.8 Å². The van der Waals surface area contributed by atoms with Crippen molar-refractivity contribution in [2.45, 2.75) is 17.7 Å². The van der Waals surface area contributed by atoms with Gasteiger partial charge >= 0.3 is 0 Å². The first kappa shape index (κ1) is 11.5. The van der Waals surface area contributed by atoms with Crippen LogP contribution in [0.4, 0.5) is 0 Å². The summed E-state index contributed by atoms with van der Waals surface area (Å²) in [6.45, 7) is 1.08. The molecule has 96 valence electrons. The SMILES string of the molecule is CN1CCCC12SC(=O)c1cc3ccccc3cc12. The third-order valence-electron chi connectivity index (χ3n) is 4.41. The van der Waals surface area contributed by atoms with Gasteiger partial charge in [-0.1, -0.05) is 36.0 Å². The maximum absolute atomic E-state index is 12.4. The number of rotatable bonds is 0. The smallest absolute Gasteiger partial charge is 0.221 e. The Labute approximate surface area is 116 Å². The van der Waals surface area contributed by atoms with Gasteiger partial charge in [-0.25, -0.2) is 0 Å². The molecule has 0 amide bonds.